The second-order valence-corrected chi connectivity index (χ2v) is 14.0. The minimum absolute atomic E-state index is 0.106. The minimum atomic E-state index is -0.475. The number of aromatic nitrogens is 2. The molecule has 0 atom stereocenters. The van der Waals surface area contributed by atoms with Gasteiger partial charge in [0.2, 0.25) is 0 Å². The van der Waals surface area contributed by atoms with Crippen LogP contribution in [-0.2, 0) is 4.74 Å². The summed E-state index contributed by atoms with van der Waals surface area (Å²) in [6, 6.07) is 2.54. The van der Waals surface area contributed by atoms with Crippen molar-refractivity contribution in [1.29, 1.82) is 0 Å². The number of carbonyl (C=O) groups excluding carboxylic acids is 1. The van der Waals surface area contributed by atoms with E-state index in [2.05, 4.69) is 61.3 Å². The van der Waals surface area contributed by atoms with E-state index in [4.69, 9.17) is 24.2 Å². The molecule has 3 aliphatic heterocycles. The number of rotatable bonds is 5. The molecule has 39 heavy (non-hydrogen) atoms. The van der Waals surface area contributed by atoms with Gasteiger partial charge in [0, 0.05) is 53.6 Å². The van der Waals surface area contributed by atoms with Gasteiger partial charge in [-0.1, -0.05) is 6.92 Å². The highest BCUT2D eigenvalue weighted by molar-refractivity contribution is 14.1. The van der Waals surface area contributed by atoms with Gasteiger partial charge in [0.15, 0.2) is 5.75 Å². The van der Waals surface area contributed by atoms with Gasteiger partial charge in [-0.25, -0.2) is 4.79 Å². The maximum Gasteiger partial charge on any atom is 0.410 e. The highest BCUT2D eigenvalue weighted by Crippen LogP contribution is 2.44. The molecule has 0 bridgehead atoms. The molecule has 214 valence electrons. The Hall–Kier alpha value is -1.60. The molecule has 11 heteroatoms. The van der Waals surface area contributed by atoms with E-state index in [0.29, 0.717) is 11.8 Å². The van der Waals surface area contributed by atoms with Crippen molar-refractivity contribution in [3.05, 3.63) is 14.1 Å². The van der Waals surface area contributed by atoms with Crippen LogP contribution in [0.2, 0.25) is 0 Å². The Morgan fingerprint density at radius 3 is 2.41 bits per heavy atom. The third kappa shape index (κ3) is 6.19. The number of piperidine rings is 2. The Bertz CT molecular complexity index is 1210. The van der Waals surface area contributed by atoms with E-state index >= 15 is 0 Å². The fraction of sp³-hybridized carbons (Fsp3) is 0.679. The molecule has 1 spiro atoms. The smallest absolute Gasteiger partial charge is 0.410 e. The first-order valence-electron chi connectivity index (χ1n) is 13.9. The SMILES string of the molecule is CCN1CCC(Oc2nc(N3CCC4(CC3)CN(C(=O)OC(C)(C)C)C4)c3cc(I)c(Br)c(OC)c3n2)CC1. The van der Waals surface area contributed by atoms with Crippen molar-refractivity contribution in [2.45, 2.75) is 65.1 Å². The number of methoxy groups -OCH3 is 1. The number of anilines is 1. The van der Waals surface area contributed by atoms with Gasteiger partial charge in [0.25, 0.3) is 0 Å². The standard InChI is InChI=1S/C28H39BrIN5O4/c1-6-33-11-7-18(8-12-33)38-25-31-22-19(15-20(30)21(29)23(22)37-5)24(32-25)34-13-9-28(10-14-34)16-35(17-28)26(36)39-27(2,3)4/h15,18H,6-14,16-17H2,1-5H3. The summed E-state index contributed by atoms with van der Waals surface area (Å²) in [5.41, 5.74) is 0.436. The molecular weight excluding hydrogens is 677 g/mol. The Labute approximate surface area is 253 Å². The molecule has 0 aliphatic carbocycles. The predicted molar refractivity (Wildman–Crippen MR) is 164 cm³/mol. The van der Waals surface area contributed by atoms with Crippen molar-refractivity contribution in [2.24, 2.45) is 5.41 Å². The van der Waals surface area contributed by atoms with E-state index in [0.717, 1.165) is 96.3 Å². The quantitative estimate of drug-likeness (QED) is 0.365. The molecule has 9 nitrogen and oxygen atoms in total. The molecule has 1 amide bonds. The van der Waals surface area contributed by atoms with Crippen LogP contribution >= 0.6 is 38.5 Å². The number of hydrogen-bond donors (Lipinski definition) is 0. The summed E-state index contributed by atoms with van der Waals surface area (Å²) in [5, 5.41) is 0.965. The van der Waals surface area contributed by atoms with E-state index in [-0.39, 0.29) is 17.6 Å². The highest BCUT2D eigenvalue weighted by atomic mass is 127. The molecule has 0 saturated carbocycles. The third-order valence-corrected chi connectivity index (χ3v) is 10.5. The van der Waals surface area contributed by atoms with Crippen LogP contribution in [-0.4, -0.2) is 90.5 Å². The second-order valence-electron chi connectivity index (χ2n) is 12.0. The molecule has 0 N–H and O–H groups in total. The summed E-state index contributed by atoms with van der Waals surface area (Å²) in [4.78, 5) is 29.0. The number of nitrogens with zero attached hydrogens (tertiary/aromatic N) is 5. The van der Waals surface area contributed by atoms with E-state index in [1.807, 2.05) is 25.7 Å². The lowest BCUT2D eigenvalue weighted by Gasteiger charge is -2.53. The Balaban J connectivity index is 1.36. The summed E-state index contributed by atoms with van der Waals surface area (Å²) in [6.07, 6.45) is 3.82. The summed E-state index contributed by atoms with van der Waals surface area (Å²) in [6.45, 7) is 14.3. The molecule has 3 fully saturated rings. The van der Waals surface area contributed by atoms with Gasteiger partial charge in [-0.2, -0.15) is 9.97 Å². The molecule has 2 aromatic rings. The van der Waals surface area contributed by atoms with E-state index < -0.39 is 5.60 Å². The van der Waals surface area contributed by atoms with Gasteiger partial charge >= 0.3 is 12.1 Å². The first-order chi connectivity index (χ1) is 18.5. The maximum atomic E-state index is 12.5. The van der Waals surface area contributed by atoms with Gasteiger partial charge in [-0.15, -0.1) is 0 Å². The first-order valence-corrected chi connectivity index (χ1v) is 15.7. The van der Waals surface area contributed by atoms with Gasteiger partial charge in [0.1, 0.15) is 23.0 Å². The van der Waals surface area contributed by atoms with E-state index in [1.165, 1.54) is 0 Å². The zero-order valence-corrected chi connectivity index (χ0v) is 27.3. The molecule has 0 radical (unpaired) electrons. The molecule has 1 aromatic carbocycles. The predicted octanol–water partition coefficient (Wildman–Crippen LogP) is 5.71. The van der Waals surface area contributed by atoms with Crippen molar-refractivity contribution in [1.82, 2.24) is 19.8 Å². The van der Waals surface area contributed by atoms with Crippen molar-refractivity contribution in [2.75, 3.05) is 57.8 Å². The number of halogens is 2. The van der Waals surface area contributed by atoms with Crippen molar-refractivity contribution in [3.63, 3.8) is 0 Å². The summed E-state index contributed by atoms with van der Waals surface area (Å²) in [5.74, 6) is 1.59. The van der Waals surface area contributed by atoms with Crippen molar-refractivity contribution >= 4 is 61.3 Å². The zero-order chi connectivity index (χ0) is 27.9. The minimum Gasteiger partial charge on any atom is -0.493 e. The number of carbonyl (C=O) groups is 1. The lowest BCUT2D eigenvalue weighted by molar-refractivity contribution is -0.0434. The summed E-state index contributed by atoms with van der Waals surface area (Å²) >= 11 is 6.01. The summed E-state index contributed by atoms with van der Waals surface area (Å²) in [7, 11) is 1.68. The van der Waals surface area contributed by atoms with Crippen LogP contribution < -0.4 is 14.4 Å². The van der Waals surface area contributed by atoms with Gasteiger partial charge in [-0.05, 0) is 97.6 Å². The van der Waals surface area contributed by atoms with Gasteiger partial charge < -0.3 is 28.9 Å². The molecule has 1 aromatic heterocycles. The normalized spacial score (nSPS) is 20.3. The molecule has 3 aliphatic rings. The number of benzene rings is 1. The lowest BCUT2D eigenvalue weighted by Crippen LogP contribution is -2.62. The number of fused-ring (bicyclic) bond motifs is 1. The maximum absolute atomic E-state index is 12.5. The van der Waals surface area contributed by atoms with Crippen molar-refractivity contribution < 1.29 is 19.0 Å². The van der Waals surface area contributed by atoms with Crippen LogP contribution in [0, 0.1) is 8.99 Å². The Morgan fingerprint density at radius 2 is 1.82 bits per heavy atom. The molecule has 3 saturated heterocycles. The Morgan fingerprint density at radius 1 is 1.15 bits per heavy atom. The van der Waals surface area contributed by atoms with Crippen LogP contribution in [0.3, 0.4) is 0 Å². The number of likely N-dealkylation sites (tertiary alicyclic amines) is 2. The highest BCUT2D eigenvalue weighted by Gasteiger charge is 2.48. The van der Waals surface area contributed by atoms with Crippen LogP contribution in [0.1, 0.15) is 53.4 Å². The first kappa shape index (κ1) is 28.9. The lowest BCUT2D eigenvalue weighted by atomic mass is 9.72. The van der Waals surface area contributed by atoms with Crippen LogP contribution in [0.4, 0.5) is 10.6 Å². The number of ether oxygens (including phenoxy) is 3. The fourth-order valence-electron chi connectivity index (χ4n) is 5.85. The zero-order valence-electron chi connectivity index (χ0n) is 23.6. The monoisotopic (exact) mass is 715 g/mol. The van der Waals surface area contributed by atoms with Crippen LogP contribution in [0.5, 0.6) is 11.8 Å². The Kier molecular flexibility index (Phi) is 8.41. The van der Waals surface area contributed by atoms with Crippen molar-refractivity contribution in [3.8, 4) is 11.8 Å². The largest absolute Gasteiger partial charge is 0.493 e. The summed E-state index contributed by atoms with van der Waals surface area (Å²) < 4.78 is 19.7. The van der Waals surface area contributed by atoms with Gasteiger partial charge in [-0.3, -0.25) is 0 Å². The molecule has 5 rings (SSSR count). The van der Waals surface area contributed by atoms with Gasteiger partial charge in [0.05, 0.1) is 11.6 Å². The third-order valence-electron chi connectivity index (χ3n) is 8.09. The fourth-order valence-corrected chi connectivity index (χ4v) is 6.87. The van der Waals surface area contributed by atoms with E-state index in [1.54, 1.807) is 7.11 Å². The average molecular weight is 716 g/mol. The molecule has 4 heterocycles. The molecular formula is C28H39BrIN5O4. The molecule has 0 unspecified atom stereocenters. The second kappa shape index (κ2) is 11.3. The van der Waals surface area contributed by atoms with Crippen LogP contribution in [0.15, 0.2) is 10.5 Å². The van der Waals surface area contributed by atoms with E-state index in [9.17, 15) is 4.79 Å². The number of hydrogen-bond acceptors (Lipinski definition) is 8. The number of amides is 1. The topological polar surface area (TPSA) is 80.3 Å². The van der Waals surface area contributed by atoms with Crippen LogP contribution in [0.25, 0.3) is 10.9 Å². The average Bonchev–Trinajstić information content (AvgIpc) is 2.87.